The van der Waals surface area contributed by atoms with Crippen LogP contribution in [-0.4, -0.2) is 29.6 Å². The maximum atomic E-state index is 6.20. The van der Waals surface area contributed by atoms with Crippen molar-refractivity contribution in [3.63, 3.8) is 0 Å². The number of aromatic nitrogens is 2. The van der Waals surface area contributed by atoms with Crippen molar-refractivity contribution in [1.29, 1.82) is 0 Å². The van der Waals surface area contributed by atoms with E-state index in [4.69, 9.17) is 16.3 Å². The van der Waals surface area contributed by atoms with Crippen LogP contribution < -0.4 is 10.1 Å². The fraction of sp³-hybridized carbons (Fsp3) is 0.500. The molecule has 19 heavy (non-hydrogen) atoms. The minimum absolute atomic E-state index is 0.571. The lowest BCUT2D eigenvalue weighted by atomic mass is 9.96. The predicted molar refractivity (Wildman–Crippen MR) is 76.1 cm³/mol. The van der Waals surface area contributed by atoms with Crippen molar-refractivity contribution in [1.82, 2.24) is 14.7 Å². The van der Waals surface area contributed by atoms with E-state index >= 15 is 0 Å². The molecule has 1 N–H and O–H groups in total. The second-order valence-electron chi connectivity index (χ2n) is 5.06. The van der Waals surface area contributed by atoms with Crippen LogP contribution >= 0.6 is 11.6 Å². The Hall–Kier alpha value is -1.26. The lowest BCUT2D eigenvalue weighted by molar-refractivity contribution is 0.370. The SMILES string of the molecule is COc1ccc2c(Cl)nc(CC3CCCNC3)n2c1. The Morgan fingerprint density at radius 1 is 1.53 bits per heavy atom. The van der Waals surface area contributed by atoms with Gasteiger partial charge in [-0.15, -0.1) is 0 Å². The van der Waals surface area contributed by atoms with Crippen molar-refractivity contribution >= 4 is 17.1 Å². The van der Waals surface area contributed by atoms with Crippen LogP contribution in [0.1, 0.15) is 18.7 Å². The van der Waals surface area contributed by atoms with Gasteiger partial charge in [0.25, 0.3) is 0 Å². The monoisotopic (exact) mass is 279 g/mol. The third-order valence-corrected chi connectivity index (χ3v) is 4.02. The molecule has 0 aliphatic carbocycles. The number of hydrogen-bond donors (Lipinski definition) is 1. The molecule has 102 valence electrons. The topological polar surface area (TPSA) is 38.6 Å². The lowest BCUT2D eigenvalue weighted by Gasteiger charge is -2.22. The molecule has 1 aliphatic rings. The van der Waals surface area contributed by atoms with Crippen molar-refractivity contribution in [3.8, 4) is 5.75 Å². The number of hydrogen-bond acceptors (Lipinski definition) is 3. The summed E-state index contributed by atoms with van der Waals surface area (Å²) in [6.07, 6.45) is 5.41. The summed E-state index contributed by atoms with van der Waals surface area (Å²) in [6.45, 7) is 2.20. The first-order valence-corrected chi connectivity index (χ1v) is 7.07. The highest BCUT2D eigenvalue weighted by atomic mass is 35.5. The minimum Gasteiger partial charge on any atom is -0.495 e. The van der Waals surface area contributed by atoms with Gasteiger partial charge in [0.15, 0.2) is 5.15 Å². The van der Waals surface area contributed by atoms with Crippen molar-refractivity contribution in [3.05, 3.63) is 29.3 Å². The Morgan fingerprint density at radius 2 is 2.42 bits per heavy atom. The van der Waals surface area contributed by atoms with Crippen LogP contribution in [0.5, 0.6) is 5.75 Å². The Bertz CT molecular complexity index is 575. The van der Waals surface area contributed by atoms with Crippen molar-refractivity contribution in [2.24, 2.45) is 5.92 Å². The normalized spacial score (nSPS) is 19.8. The summed E-state index contributed by atoms with van der Waals surface area (Å²) in [5, 5.41) is 4.01. The minimum atomic E-state index is 0.571. The quantitative estimate of drug-likeness (QED) is 0.938. The number of ether oxygens (including phenoxy) is 1. The van der Waals surface area contributed by atoms with E-state index in [1.165, 1.54) is 12.8 Å². The van der Waals surface area contributed by atoms with Crippen LogP contribution in [0.3, 0.4) is 0 Å². The van der Waals surface area contributed by atoms with Crippen molar-refractivity contribution in [2.45, 2.75) is 19.3 Å². The van der Waals surface area contributed by atoms with Crippen molar-refractivity contribution < 1.29 is 4.74 Å². The molecular weight excluding hydrogens is 262 g/mol. The number of nitrogens with zero attached hydrogens (tertiary/aromatic N) is 2. The number of methoxy groups -OCH3 is 1. The molecule has 0 saturated carbocycles. The molecule has 0 aromatic carbocycles. The molecular formula is C14H18ClN3O. The zero-order valence-corrected chi connectivity index (χ0v) is 11.8. The first kappa shape index (κ1) is 12.8. The number of halogens is 1. The average molecular weight is 280 g/mol. The highest BCUT2D eigenvalue weighted by Gasteiger charge is 2.18. The molecule has 1 saturated heterocycles. The summed E-state index contributed by atoms with van der Waals surface area (Å²) in [4.78, 5) is 4.50. The molecule has 0 bridgehead atoms. The van der Waals surface area contributed by atoms with E-state index in [1.54, 1.807) is 7.11 Å². The number of pyridine rings is 1. The molecule has 2 aromatic heterocycles. The van der Waals surface area contributed by atoms with Gasteiger partial charge in [-0.2, -0.15) is 0 Å². The number of piperidine rings is 1. The third-order valence-electron chi connectivity index (χ3n) is 3.74. The van der Waals surface area contributed by atoms with Crippen LogP contribution in [0, 0.1) is 5.92 Å². The van der Waals surface area contributed by atoms with Gasteiger partial charge in [0.2, 0.25) is 0 Å². The van der Waals surface area contributed by atoms with Crippen LogP contribution in [0.4, 0.5) is 0 Å². The zero-order valence-electron chi connectivity index (χ0n) is 11.0. The maximum Gasteiger partial charge on any atom is 0.155 e. The first-order chi connectivity index (χ1) is 9.28. The molecule has 3 heterocycles. The third kappa shape index (κ3) is 2.55. The van der Waals surface area contributed by atoms with Gasteiger partial charge in [0.05, 0.1) is 18.8 Å². The number of imidazole rings is 1. The zero-order chi connectivity index (χ0) is 13.2. The van der Waals surface area contributed by atoms with Gasteiger partial charge in [-0.05, 0) is 44.0 Å². The van der Waals surface area contributed by atoms with E-state index < -0.39 is 0 Å². The van der Waals surface area contributed by atoms with Gasteiger partial charge >= 0.3 is 0 Å². The molecule has 0 amide bonds. The van der Waals surface area contributed by atoms with Gasteiger partial charge in [-0.25, -0.2) is 4.98 Å². The van der Waals surface area contributed by atoms with Gasteiger partial charge in [-0.1, -0.05) is 11.6 Å². The molecule has 1 aliphatic heterocycles. The Kier molecular flexibility index (Phi) is 3.62. The van der Waals surface area contributed by atoms with Crippen LogP contribution in [0.15, 0.2) is 18.3 Å². The van der Waals surface area contributed by atoms with Gasteiger partial charge in [-0.3, -0.25) is 4.40 Å². The van der Waals surface area contributed by atoms with Crippen LogP contribution in [-0.2, 0) is 6.42 Å². The second kappa shape index (κ2) is 5.39. The summed E-state index contributed by atoms with van der Waals surface area (Å²) in [5.74, 6) is 2.49. The van der Waals surface area contributed by atoms with E-state index in [0.717, 1.165) is 36.6 Å². The molecule has 3 rings (SSSR count). The summed E-state index contributed by atoms with van der Waals surface area (Å²) in [5.41, 5.74) is 0.946. The van der Waals surface area contributed by atoms with E-state index in [1.807, 2.05) is 18.3 Å². The van der Waals surface area contributed by atoms with Crippen LogP contribution in [0.25, 0.3) is 5.52 Å². The number of fused-ring (bicyclic) bond motifs is 1. The standard InChI is InChI=1S/C14H18ClN3O/c1-19-11-4-5-12-14(15)17-13(18(12)9-11)7-10-3-2-6-16-8-10/h4-5,9-10,16H,2-3,6-8H2,1H3. The van der Waals surface area contributed by atoms with E-state index in [2.05, 4.69) is 14.7 Å². The molecule has 1 atom stereocenters. The predicted octanol–water partition coefficient (Wildman–Crippen LogP) is 2.54. The molecule has 0 spiro atoms. The Labute approximate surface area is 117 Å². The van der Waals surface area contributed by atoms with Crippen molar-refractivity contribution in [2.75, 3.05) is 20.2 Å². The summed E-state index contributed by atoms with van der Waals surface area (Å²) < 4.78 is 7.32. The van der Waals surface area contributed by atoms with Gasteiger partial charge in [0, 0.05) is 6.42 Å². The van der Waals surface area contributed by atoms with E-state index in [-0.39, 0.29) is 0 Å². The fourth-order valence-corrected chi connectivity index (χ4v) is 2.96. The largest absolute Gasteiger partial charge is 0.495 e. The second-order valence-corrected chi connectivity index (χ2v) is 5.42. The molecule has 2 aromatic rings. The molecule has 4 nitrogen and oxygen atoms in total. The molecule has 1 fully saturated rings. The summed E-state index contributed by atoms with van der Waals surface area (Å²) >= 11 is 6.20. The molecule has 1 unspecified atom stereocenters. The highest BCUT2D eigenvalue weighted by Crippen LogP contribution is 2.24. The Balaban J connectivity index is 1.93. The van der Waals surface area contributed by atoms with Crippen LogP contribution in [0.2, 0.25) is 5.15 Å². The first-order valence-electron chi connectivity index (χ1n) is 6.69. The fourth-order valence-electron chi connectivity index (χ4n) is 2.71. The van der Waals surface area contributed by atoms with Gasteiger partial charge in [0.1, 0.15) is 11.6 Å². The molecule has 5 heteroatoms. The highest BCUT2D eigenvalue weighted by molar-refractivity contribution is 6.32. The Morgan fingerprint density at radius 3 is 3.16 bits per heavy atom. The summed E-state index contributed by atoms with van der Waals surface area (Å²) in [6, 6.07) is 3.87. The maximum absolute atomic E-state index is 6.20. The smallest absolute Gasteiger partial charge is 0.155 e. The lowest BCUT2D eigenvalue weighted by Crippen LogP contribution is -2.31. The number of nitrogens with one attached hydrogen (secondary N) is 1. The molecule has 0 radical (unpaired) electrons. The number of rotatable bonds is 3. The van der Waals surface area contributed by atoms with Gasteiger partial charge < -0.3 is 10.1 Å². The van der Waals surface area contributed by atoms with E-state index in [9.17, 15) is 0 Å². The summed E-state index contributed by atoms with van der Waals surface area (Å²) in [7, 11) is 1.67. The van der Waals surface area contributed by atoms with E-state index in [0.29, 0.717) is 11.1 Å². The average Bonchev–Trinajstić information content (AvgIpc) is 2.76.